The van der Waals surface area contributed by atoms with Gasteiger partial charge in [0, 0.05) is 24.2 Å². The molecule has 5 N–H and O–H groups in total. The maximum absolute atomic E-state index is 10.3. The number of ether oxygens (including phenoxy) is 3. The van der Waals surface area contributed by atoms with Crippen LogP contribution in [0.2, 0.25) is 0 Å². The molecular formula is C36H40N2O7. The highest BCUT2D eigenvalue weighted by Gasteiger charge is 2.34. The van der Waals surface area contributed by atoms with Gasteiger partial charge in [-0.2, -0.15) is 0 Å². The van der Waals surface area contributed by atoms with Gasteiger partial charge < -0.3 is 40.0 Å². The topological polar surface area (TPSA) is 124 Å². The summed E-state index contributed by atoms with van der Waals surface area (Å²) in [6.45, 7) is 1.88. The van der Waals surface area contributed by atoms with Crippen molar-refractivity contribution in [2.75, 3.05) is 41.5 Å². The van der Waals surface area contributed by atoms with Crippen LogP contribution in [-0.4, -0.2) is 66.8 Å². The van der Waals surface area contributed by atoms with E-state index in [0.29, 0.717) is 29.7 Å². The van der Waals surface area contributed by atoms with E-state index in [4.69, 9.17) is 14.2 Å². The first-order valence-electron chi connectivity index (χ1n) is 15.2. The van der Waals surface area contributed by atoms with Gasteiger partial charge in [0.1, 0.15) is 0 Å². The molecule has 0 fully saturated rings. The molecule has 3 aliphatic rings. The van der Waals surface area contributed by atoms with Crippen LogP contribution in [0.4, 0.5) is 0 Å². The van der Waals surface area contributed by atoms with E-state index in [1.54, 1.807) is 39.5 Å². The maximum atomic E-state index is 10.3. The van der Waals surface area contributed by atoms with Crippen molar-refractivity contribution in [3.8, 4) is 51.4 Å². The third kappa shape index (κ3) is 5.58. The van der Waals surface area contributed by atoms with Crippen molar-refractivity contribution >= 4 is 0 Å². The Morgan fingerprint density at radius 3 is 2.24 bits per heavy atom. The Kier molecular flexibility index (Phi) is 8.40. The fourth-order valence-corrected chi connectivity index (χ4v) is 7.01. The number of hydrogen-bond acceptors (Lipinski definition) is 9. The number of aromatic hydroxyl groups is 4. The Morgan fingerprint density at radius 1 is 0.800 bits per heavy atom. The van der Waals surface area contributed by atoms with Crippen LogP contribution in [0.1, 0.15) is 45.5 Å². The lowest BCUT2D eigenvalue weighted by Gasteiger charge is -2.39. The number of hydrogen-bond donors (Lipinski definition) is 5. The summed E-state index contributed by atoms with van der Waals surface area (Å²) in [6.07, 6.45) is 3.44. The largest absolute Gasteiger partial charge is 0.504 e. The average molecular weight is 613 g/mol. The fraction of sp³-hybridized carbons (Fsp3) is 0.333. The molecule has 2 aliphatic heterocycles. The second-order valence-corrected chi connectivity index (χ2v) is 11.8. The second kappa shape index (κ2) is 12.4. The van der Waals surface area contributed by atoms with Crippen LogP contribution in [0.15, 0.2) is 54.6 Å². The third-order valence-corrected chi connectivity index (χ3v) is 9.28. The molecule has 45 heavy (non-hydrogen) atoms. The lowest BCUT2D eigenvalue weighted by molar-refractivity contribution is 0.228. The average Bonchev–Trinajstić information content (AvgIpc) is 3.05. The maximum Gasteiger partial charge on any atom is 0.203 e. The van der Waals surface area contributed by atoms with E-state index in [-0.39, 0.29) is 29.0 Å². The summed E-state index contributed by atoms with van der Waals surface area (Å²) in [7, 11) is 6.93. The predicted molar refractivity (Wildman–Crippen MR) is 172 cm³/mol. The van der Waals surface area contributed by atoms with Crippen LogP contribution in [0.25, 0.3) is 11.1 Å². The monoisotopic (exact) mass is 612 g/mol. The van der Waals surface area contributed by atoms with Gasteiger partial charge in [-0.05, 0) is 109 Å². The number of benzene rings is 4. The van der Waals surface area contributed by atoms with Gasteiger partial charge in [0.2, 0.25) is 5.75 Å². The molecule has 9 nitrogen and oxygen atoms in total. The summed E-state index contributed by atoms with van der Waals surface area (Å²) in [5.41, 5.74) is 8.77. The third-order valence-electron chi connectivity index (χ3n) is 9.28. The molecule has 4 aromatic rings. The van der Waals surface area contributed by atoms with Crippen molar-refractivity contribution in [1.29, 1.82) is 0 Å². The molecule has 236 valence electrons. The first kappa shape index (κ1) is 30.4. The Bertz CT molecular complexity index is 1710. The van der Waals surface area contributed by atoms with Crippen molar-refractivity contribution in [3.05, 3.63) is 88.0 Å². The highest BCUT2D eigenvalue weighted by Crippen LogP contribution is 2.50. The van der Waals surface area contributed by atoms with Gasteiger partial charge in [-0.3, -0.25) is 4.90 Å². The summed E-state index contributed by atoms with van der Waals surface area (Å²) in [5, 5.41) is 43.1. The molecule has 7 rings (SSSR count). The van der Waals surface area contributed by atoms with Crippen molar-refractivity contribution in [2.24, 2.45) is 0 Å². The Balaban J connectivity index is 0.000000162. The normalized spacial score (nSPS) is 18.0. The Hall–Kier alpha value is -4.60. The number of nitrogens with zero attached hydrogens (tertiary/aromatic N) is 1. The zero-order valence-corrected chi connectivity index (χ0v) is 26.1. The molecule has 0 bridgehead atoms. The molecule has 4 aromatic carbocycles. The van der Waals surface area contributed by atoms with Crippen LogP contribution >= 0.6 is 0 Å². The Morgan fingerprint density at radius 2 is 1.53 bits per heavy atom. The molecule has 0 radical (unpaired) electrons. The first-order chi connectivity index (χ1) is 21.7. The van der Waals surface area contributed by atoms with E-state index in [0.717, 1.165) is 65.7 Å². The van der Waals surface area contributed by atoms with Gasteiger partial charge in [0.15, 0.2) is 34.5 Å². The van der Waals surface area contributed by atoms with E-state index in [1.165, 1.54) is 11.1 Å². The molecule has 0 saturated carbocycles. The number of fused-ring (bicyclic) bond motifs is 3. The number of nitrogens with one attached hydrogen (secondary N) is 1. The number of likely N-dealkylation sites (N-methyl/N-ethyl adjacent to an activating group) is 1. The van der Waals surface area contributed by atoms with Crippen molar-refractivity contribution in [1.82, 2.24) is 10.2 Å². The minimum Gasteiger partial charge on any atom is -0.504 e. The fourth-order valence-electron chi connectivity index (χ4n) is 7.01. The summed E-state index contributed by atoms with van der Waals surface area (Å²) in [6, 6.07) is 17.4. The lowest BCUT2D eigenvalue weighted by atomic mass is 9.77. The van der Waals surface area contributed by atoms with Gasteiger partial charge in [-0.1, -0.05) is 24.3 Å². The summed E-state index contributed by atoms with van der Waals surface area (Å²) < 4.78 is 16.2. The smallest absolute Gasteiger partial charge is 0.203 e. The molecule has 1 aliphatic carbocycles. The molecule has 0 saturated heterocycles. The van der Waals surface area contributed by atoms with E-state index >= 15 is 0 Å². The standard InChI is InChI=1S/C19H23NO5.C17H17NO2/c1-23-17-7-11(8-18(24-2)19(17)25-3)6-14-13-10-16(22)15(21)9-12(13)4-5-20-14;1-18-8-7-10-3-2-4-12-15(10)13(18)9-11-5-6-14(19)17(20)16(11)12/h7-10,14,20-22H,4-6H2,1-3H3;2-6,13,19-20H,7-9H2,1H3/t;13-/m.1/s1. The molecule has 0 aromatic heterocycles. The summed E-state index contributed by atoms with van der Waals surface area (Å²) >= 11 is 0. The lowest BCUT2D eigenvalue weighted by Crippen LogP contribution is -2.35. The molecule has 0 amide bonds. The first-order valence-corrected chi connectivity index (χ1v) is 15.2. The van der Waals surface area contributed by atoms with Gasteiger partial charge >= 0.3 is 0 Å². The Labute approximate surface area is 263 Å². The zero-order chi connectivity index (χ0) is 31.8. The van der Waals surface area contributed by atoms with E-state index in [1.807, 2.05) is 18.2 Å². The number of methoxy groups -OCH3 is 3. The highest BCUT2D eigenvalue weighted by atomic mass is 16.5. The summed E-state index contributed by atoms with van der Waals surface area (Å²) in [5.74, 6) is 1.59. The quantitative estimate of drug-likeness (QED) is 0.189. The molecule has 2 atom stereocenters. The van der Waals surface area contributed by atoms with Crippen LogP contribution in [0.3, 0.4) is 0 Å². The van der Waals surface area contributed by atoms with E-state index in [9.17, 15) is 20.4 Å². The van der Waals surface area contributed by atoms with Crippen LogP contribution < -0.4 is 19.5 Å². The SMILES string of the molecule is CN1CCc2cccc3c2[C@H]1Cc1ccc(O)c(O)c1-3.COc1cc(CC2NCCc3cc(O)c(O)cc32)cc(OC)c1OC. The van der Waals surface area contributed by atoms with E-state index in [2.05, 4.69) is 35.5 Å². The van der Waals surface area contributed by atoms with Gasteiger partial charge in [-0.15, -0.1) is 0 Å². The molecule has 9 heteroatoms. The number of phenols is 4. The molecule has 1 unspecified atom stereocenters. The molecule has 0 spiro atoms. The van der Waals surface area contributed by atoms with E-state index < -0.39 is 0 Å². The minimum absolute atomic E-state index is 0.0163. The predicted octanol–water partition coefficient (Wildman–Crippen LogP) is 5.40. The summed E-state index contributed by atoms with van der Waals surface area (Å²) in [4.78, 5) is 2.39. The van der Waals surface area contributed by atoms with Gasteiger partial charge in [0.25, 0.3) is 0 Å². The van der Waals surface area contributed by atoms with Crippen molar-refractivity contribution < 1.29 is 34.6 Å². The van der Waals surface area contributed by atoms with Crippen molar-refractivity contribution in [2.45, 2.75) is 37.8 Å². The number of phenolic OH excluding ortho intramolecular Hbond substituents is 4. The number of rotatable bonds is 5. The molecular weight excluding hydrogens is 572 g/mol. The zero-order valence-electron chi connectivity index (χ0n) is 26.1. The van der Waals surface area contributed by atoms with Crippen LogP contribution in [0, 0.1) is 0 Å². The van der Waals surface area contributed by atoms with Crippen LogP contribution in [0.5, 0.6) is 40.2 Å². The van der Waals surface area contributed by atoms with Crippen LogP contribution in [-0.2, 0) is 25.7 Å². The molecule has 2 heterocycles. The highest BCUT2D eigenvalue weighted by molar-refractivity contribution is 5.82. The van der Waals surface area contributed by atoms with Gasteiger partial charge in [-0.25, -0.2) is 0 Å². The van der Waals surface area contributed by atoms with Crippen molar-refractivity contribution in [3.63, 3.8) is 0 Å². The minimum atomic E-state index is -0.0997. The van der Waals surface area contributed by atoms with Gasteiger partial charge in [0.05, 0.1) is 21.3 Å². The second-order valence-electron chi connectivity index (χ2n) is 11.8.